The molecule has 0 radical (unpaired) electrons. The lowest BCUT2D eigenvalue weighted by atomic mass is 10.1. The zero-order valence-electron chi connectivity index (χ0n) is 12.3. The summed E-state index contributed by atoms with van der Waals surface area (Å²) in [6.07, 6.45) is 2.75. The van der Waals surface area contributed by atoms with Gasteiger partial charge in [0.1, 0.15) is 0 Å². The topological polar surface area (TPSA) is 95.1 Å². The van der Waals surface area contributed by atoms with Gasteiger partial charge in [0.05, 0.1) is 30.1 Å². The highest BCUT2D eigenvalue weighted by Gasteiger charge is 2.14. The minimum absolute atomic E-state index is 0.0626. The van der Waals surface area contributed by atoms with E-state index in [1.54, 1.807) is 36.0 Å². The first-order chi connectivity index (χ1) is 10.7. The number of aliphatic hydroxyl groups is 1. The van der Waals surface area contributed by atoms with Crippen LogP contribution in [0.4, 0.5) is 0 Å². The molecular weight excluding hydrogens is 302 g/mol. The molecule has 0 aliphatic carbocycles. The summed E-state index contributed by atoms with van der Waals surface area (Å²) in [4.78, 5) is 23.8. The minimum atomic E-state index is -0.270. The highest BCUT2D eigenvalue weighted by atomic mass is 32.2. The van der Waals surface area contributed by atoms with Gasteiger partial charge in [0.15, 0.2) is 0 Å². The first-order valence-electron chi connectivity index (χ1n) is 7.01. The van der Waals surface area contributed by atoms with Crippen LogP contribution in [0.2, 0.25) is 0 Å². The molecule has 118 valence electrons. The van der Waals surface area contributed by atoms with Gasteiger partial charge < -0.3 is 10.4 Å². The van der Waals surface area contributed by atoms with Crippen molar-refractivity contribution in [1.29, 1.82) is 0 Å². The predicted molar refractivity (Wildman–Crippen MR) is 88.1 cm³/mol. The first kappa shape index (κ1) is 16.5. The Kier molecular flexibility index (Phi) is 5.97. The number of aliphatic hydroxyl groups excluding tert-OH is 1. The average molecular weight is 321 g/mol. The van der Waals surface area contributed by atoms with E-state index in [0.717, 1.165) is 5.75 Å². The van der Waals surface area contributed by atoms with Gasteiger partial charge in [0.25, 0.3) is 5.56 Å². The Balaban J connectivity index is 2.12. The number of aromatic nitrogens is 2. The quantitative estimate of drug-likeness (QED) is 0.697. The Hall–Kier alpha value is -1.86. The van der Waals surface area contributed by atoms with Gasteiger partial charge in [-0.05, 0) is 24.5 Å². The molecule has 1 aromatic heterocycles. The van der Waals surface area contributed by atoms with Crippen molar-refractivity contribution in [3.8, 4) is 0 Å². The number of aromatic amines is 1. The molecule has 0 aliphatic rings. The van der Waals surface area contributed by atoms with E-state index in [1.165, 1.54) is 0 Å². The maximum absolute atomic E-state index is 12.1. The third-order valence-electron chi connectivity index (χ3n) is 3.36. The van der Waals surface area contributed by atoms with E-state index in [1.807, 2.05) is 6.26 Å². The number of H-pyrrole nitrogens is 1. The third kappa shape index (κ3) is 4.08. The van der Waals surface area contributed by atoms with Crippen LogP contribution in [0.5, 0.6) is 0 Å². The van der Waals surface area contributed by atoms with Gasteiger partial charge in [-0.15, -0.1) is 0 Å². The van der Waals surface area contributed by atoms with Crippen LogP contribution in [-0.2, 0) is 11.2 Å². The molecule has 1 heterocycles. The number of rotatable bonds is 7. The summed E-state index contributed by atoms with van der Waals surface area (Å²) >= 11 is 1.67. The van der Waals surface area contributed by atoms with E-state index in [4.69, 9.17) is 0 Å². The van der Waals surface area contributed by atoms with Crippen molar-refractivity contribution in [2.45, 2.75) is 18.9 Å². The second kappa shape index (κ2) is 7.95. The van der Waals surface area contributed by atoms with E-state index in [9.17, 15) is 14.7 Å². The normalized spacial score (nSPS) is 12.3. The molecule has 7 heteroatoms. The number of benzene rings is 1. The molecule has 0 saturated heterocycles. The Morgan fingerprint density at radius 2 is 2.14 bits per heavy atom. The van der Waals surface area contributed by atoms with Gasteiger partial charge in [-0.2, -0.15) is 16.9 Å². The Morgan fingerprint density at radius 3 is 2.82 bits per heavy atom. The number of amides is 1. The maximum Gasteiger partial charge on any atom is 0.272 e. The molecule has 0 unspecified atom stereocenters. The van der Waals surface area contributed by atoms with E-state index >= 15 is 0 Å². The molecule has 1 amide bonds. The number of thioether (sulfide) groups is 1. The molecule has 0 fully saturated rings. The van der Waals surface area contributed by atoms with Gasteiger partial charge >= 0.3 is 0 Å². The van der Waals surface area contributed by atoms with Crippen LogP contribution in [0.25, 0.3) is 10.8 Å². The first-order valence-corrected chi connectivity index (χ1v) is 8.40. The fourth-order valence-corrected chi connectivity index (χ4v) is 2.73. The molecule has 1 aromatic carbocycles. The zero-order chi connectivity index (χ0) is 15.9. The molecule has 0 saturated carbocycles. The molecule has 3 N–H and O–H groups in total. The number of nitrogens with zero attached hydrogens (tertiary/aromatic N) is 1. The van der Waals surface area contributed by atoms with Crippen LogP contribution >= 0.6 is 11.8 Å². The fourth-order valence-electron chi connectivity index (χ4n) is 2.21. The fraction of sp³-hybridized carbons (Fsp3) is 0.400. The molecule has 0 bridgehead atoms. The van der Waals surface area contributed by atoms with Crippen molar-refractivity contribution >= 4 is 28.4 Å². The third-order valence-corrected chi connectivity index (χ3v) is 4.00. The second-order valence-corrected chi connectivity index (χ2v) is 5.94. The summed E-state index contributed by atoms with van der Waals surface area (Å²) in [7, 11) is 0. The lowest BCUT2D eigenvalue weighted by molar-refractivity contribution is -0.121. The van der Waals surface area contributed by atoms with Crippen LogP contribution in [0, 0.1) is 0 Å². The maximum atomic E-state index is 12.1. The smallest absolute Gasteiger partial charge is 0.272 e. The zero-order valence-corrected chi connectivity index (χ0v) is 13.2. The summed E-state index contributed by atoms with van der Waals surface area (Å²) < 4.78 is 0. The van der Waals surface area contributed by atoms with Crippen molar-refractivity contribution in [3.63, 3.8) is 0 Å². The molecule has 0 spiro atoms. The summed E-state index contributed by atoms with van der Waals surface area (Å²) in [6, 6.07) is 6.80. The number of fused-ring (bicyclic) bond motifs is 1. The minimum Gasteiger partial charge on any atom is -0.394 e. The lowest BCUT2D eigenvalue weighted by Crippen LogP contribution is -2.39. The lowest BCUT2D eigenvalue weighted by Gasteiger charge is -2.15. The molecule has 0 aliphatic heterocycles. The van der Waals surface area contributed by atoms with Gasteiger partial charge in [0, 0.05) is 5.39 Å². The number of carbonyl (C=O) groups excluding carboxylic acids is 1. The van der Waals surface area contributed by atoms with Crippen molar-refractivity contribution in [2.24, 2.45) is 0 Å². The summed E-state index contributed by atoms with van der Waals surface area (Å²) in [5, 5.41) is 19.7. The van der Waals surface area contributed by atoms with Crippen LogP contribution in [0.3, 0.4) is 0 Å². The number of hydrogen-bond acceptors (Lipinski definition) is 5. The average Bonchev–Trinajstić information content (AvgIpc) is 2.54. The Morgan fingerprint density at radius 1 is 1.41 bits per heavy atom. The summed E-state index contributed by atoms with van der Waals surface area (Å²) in [6.45, 7) is -0.0912. The second-order valence-electron chi connectivity index (χ2n) is 4.95. The van der Waals surface area contributed by atoms with Crippen LogP contribution < -0.4 is 10.9 Å². The van der Waals surface area contributed by atoms with Gasteiger partial charge in [-0.3, -0.25) is 9.59 Å². The highest BCUT2D eigenvalue weighted by Crippen LogP contribution is 2.12. The molecule has 22 heavy (non-hydrogen) atoms. The molecule has 2 aromatic rings. The van der Waals surface area contributed by atoms with Crippen molar-refractivity contribution in [2.75, 3.05) is 18.6 Å². The van der Waals surface area contributed by atoms with Gasteiger partial charge in [0.2, 0.25) is 5.91 Å². The molecule has 2 rings (SSSR count). The van der Waals surface area contributed by atoms with Crippen molar-refractivity contribution in [3.05, 3.63) is 40.3 Å². The summed E-state index contributed by atoms with van der Waals surface area (Å²) in [5.41, 5.74) is 0.252. The number of hydrogen-bond donors (Lipinski definition) is 3. The Labute approximate surface area is 132 Å². The van der Waals surface area contributed by atoms with E-state index < -0.39 is 0 Å². The molecule has 1 atom stereocenters. The Bertz CT molecular complexity index is 702. The van der Waals surface area contributed by atoms with E-state index in [2.05, 4.69) is 15.5 Å². The van der Waals surface area contributed by atoms with Crippen LogP contribution in [0.1, 0.15) is 12.1 Å². The number of nitrogens with one attached hydrogen (secondary N) is 2. The predicted octanol–water partition coefficient (Wildman–Crippen LogP) is 0.696. The van der Waals surface area contributed by atoms with E-state index in [-0.39, 0.29) is 30.5 Å². The van der Waals surface area contributed by atoms with Crippen molar-refractivity contribution < 1.29 is 9.90 Å². The summed E-state index contributed by atoms with van der Waals surface area (Å²) in [5.74, 6) is 0.649. The van der Waals surface area contributed by atoms with Crippen molar-refractivity contribution in [1.82, 2.24) is 15.5 Å². The standard InChI is InChI=1S/C15H19N3O3S/c1-22-7-6-10(9-19)16-14(20)8-13-11-4-2-3-5-12(11)15(21)18-17-13/h2-5,10,19H,6-9H2,1H3,(H,16,20)(H,18,21)/t10-/m1/s1. The van der Waals surface area contributed by atoms with Crippen LogP contribution in [0.15, 0.2) is 29.1 Å². The highest BCUT2D eigenvalue weighted by molar-refractivity contribution is 7.98. The van der Waals surface area contributed by atoms with Gasteiger partial charge in [-0.1, -0.05) is 18.2 Å². The molecule has 6 nitrogen and oxygen atoms in total. The molecular formula is C15H19N3O3S. The number of carbonyl (C=O) groups is 1. The van der Waals surface area contributed by atoms with E-state index in [0.29, 0.717) is 22.9 Å². The monoisotopic (exact) mass is 321 g/mol. The van der Waals surface area contributed by atoms with Gasteiger partial charge in [-0.25, -0.2) is 5.10 Å². The van der Waals surface area contributed by atoms with Crippen LogP contribution in [-0.4, -0.2) is 45.9 Å². The SMILES string of the molecule is CSCC[C@H](CO)NC(=O)Cc1n[nH]c(=O)c2ccccc12. The largest absolute Gasteiger partial charge is 0.394 e.